The molecule has 0 N–H and O–H groups in total. The topological polar surface area (TPSA) is 99.2 Å². The van der Waals surface area contributed by atoms with Gasteiger partial charge in [-0.2, -0.15) is 8.42 Å². The average Bonchev–Trinajstić information content (AvgIpc) is 2.94. The molecule has 0 radical (unpaired) electrons. The molecule has 0 fully saturated rings. The largest absolute Gasteiger partial charge is 0.490 e. The molecule has 0 atom stereocenters. The number of rotatable bonds is 10. The Morgan fingerprint density at radius 2 is 1.48 bits per heavy atom. The van der Waals surface area contributed by atoms with Gasteiger partial charge in [0.15, 0.2) is 23.1 Å². The smallest absolute Gasteiger partial charge is 0.339 e. The highest BCUT2D eigenvalue weighted by Gasteiger charge is 2.49. The third kappa shape index (κ3) is 6.85. The highest BCUT2D eigenvalue weighted by Crippen LogP contribution is 2.55. The summed E-state index contributed by atoms with van der Waals surface area (Å²) in [6.07, 6.45) is 2.87. The molecule has 2 aromatic carbocycles. The molecule has 0 saturated carbocycles. The van der Waals surface area contributed by atoms with Crippen LogP contribution in [-0.4, -0.2) is 51.8 Å². The van der Waals surface area contributed by atoms with Crippen LogP contribution < -0.4 is 8.92 Å². The maximum absolute atomic E-state index is 14.2. The maximum Gasteiger partial charge on any atom is 0.339 e. The molecule has 1 aliphatic heterocycles. The molecule has 2 aliphatic carbocycles. The monoisotopic (exact) mass is 713 g/mol. The van der Waals surface area contributed by atoms with E-state index in [1.54, 1.807) is 38.3 Å². The lowest BCUT2D eigenvalue weighted by Crippen LogP contribution is -2.44. The van der Waals surface area contributed by atoms with E-state index in [-0.39, 0.29) is 45.4 Å². The van der Waals surface area contributed by atoms with E-state index in [1.807, 2.05) is 6.92 Å². The Kier molecular flexibility index (Phi) is 9.66. The molecule has 0 amide bonds. The van der Waals surface area contributed by atoms with Crippen molar-refractivity contribution in [2.45, 2.75) is 84.5 Å². The quantitative estimate of drug-likeness (QED) is 0.183. The van der Waals surface area contributed by atoms with Gasteiger partial charge in [-0.15, -0.1) is 0 Å². The average molecular weight is 715 g/mol. The number of carbonyl (C=O) groups is 2. The van der Waals surface area contributed by atoms with Gasteiger partial charge in [0.25, 0.3) is 0 Å². The maximum atomic E-state index is 14.2. The molecule has 0 aromatic heterocycles. The van der Waals surface area contributed by atoms with E-state index in [9.17, 15) is 18.0 Å². The summed E-state index contributed by atoms with van der Waals surface area (Å²) in [6.45, 7) is 13.6. The lowest BCUT2D eigenvalue weighted by molar-refractivity contribution is -0.119. The van der Waals surface area contributed by atoms with Crippen LogP contribution in [0.2, 0.25) is 0 Å². The van der Waals surface area contributed by atoms with Crippen LogP contribution in [0.4, 0.5) is 0 Å². The number of benzene rings is 2. The summed E-state index contributed by atoms with van der Waals surface area (Å²) in [4.78, 5) is 30.6. The molecular formula is C36H44BrNO7S. The molecule has 3 aliphatic rings. The fourth-order valence-corrected chi connectivity index (χ4v) is 8.58. The van der Waals surface area contributed by atoms with Crippen molar-refractivity contribution in [3.05, 3.63) is 74.5 Å². The molecular weight excluding hydrogens is 670 g/mol. The third-order valence-corrected chi connectivity index (χ3v) is 10.7. The lowest BCUT2D eigenvalue weighted by atomic mass is 9.63. The van der Waals surface area contributed by atoms with Crippen LogP contribution in [-0.2, 0) is 24.4 Å². The van der Waals surface area contributed by atoms with Crippen molar-refractivity contribution in [2.75, 3.05) is 26.9 Å². The van der Waals surface area contributed by atoms with Gasteiger partial charge in [0, 0.05) is 61.6 Å². The Balaban J connectivity index is 1.70. The summed E-state index contributed by atoms with van der Waals surface area (Å²) in [5.74, 6) is -0.350. The molecule has 0 spiro atoms. The number of hydrogen-bond donors (Lipinski definition) is 0. The minimum atomic E-state index is -4.18. The first-order valence-electron chi connectivity index (χ1n) is 15.8. The molecule has 248 valence electrons. The molecule has 5 rings (SSSR count). The van der Waals surface area contributed by atoms with E-state index in [2.05, 4.69) is 48.5 Å². The summed E-state index contributed by atoms with van der Waals surface area (Å²) in [5, 5.41) is 0. The van der Waals surface area contributed by atoms with Gasteiger partial charge in [-0.05, 0) is 89.7 Å². The fourth-order valence-electron chi connectivity index (χ4n) is 6.98. The summed E-state index contributed by atoms with van der Waals surface area (Å²) >= 11 is 3.57. The van der Waals surface area contributed by atoms with Crippen LogP contribution in [0.25, 0.3) is 0 Å². The molecule has 0 bridgehead atoms. The number of methoxy groups -OCH3 is 1. The van der Waals surface area contributed by atoms with Crippen LogP contribution in [0.1, 0.15) is 83.8 Å². The van der Waals surface area contributed by atoms with E-state index >= 15 is 0 Å². The SMILES string of the molecule is CCOc1cc(C2C3=C(CC(C)(C)CC3=O)N(CCCOC)C3=C2C(=O)CC(C)(C)C3)cc(Br)c1OS(=O)(=O)c1ccc(C)cc1. The minimum Gasteiger partial charge on any atom is -0.490 e. The highest BCUT2D eigenvalue weighted by molar-refractivity contribution is 9.10. The minimum absolute atomic E-state index is 0.0128. The van der Waals surface area contributed by atoms with Gasteiger partial charge in [0.1, 0.15) is 4.90 Å². The van der Waals surface area contributed by atoms with E-state index in [0.29, 0.717) is 60.0 Å². The second-order valence-electron chi connectivity index (χ2n) is 14.1. The van der Waals surface area contributed by atoms with Gasteiger partial charge in [-0.1, -0.05) is 45.4 Å². The lowest BCUT2D eigenvalue weighted by Gasteiger charge is -2.49. The molecule has 0 saturated heterocycles. The molecule has 1 heterocycles. The Morgan fingerprint density at radius 3 is 2.00 bits per heavy atom. The van der Waals surface area contributed by atoms with Gasteiger partial charge < -0.3 is 18.6 Å². The van der Waals surface area contributed by atoms with Gasteiger partial charge >= 0.3 is 10.1 Å². The van der Waals surface area contributed by atoms with Crippen molar-refractivity contribution in [2.24, 2.45) is 10.8 Å². The van der Waals surface area contributed by atoms with E-state index in [4.69, 9.17) is 13.7 Å². The number of halogens is 1. The Hall–Kier alpha value is -2.95. The molecule has 46 heavy (non-hydrogen) atoms. The van der Waals surface area contributed by atoms with Crippen LogP contribution in [0, 0.1) is 17.8 Å². The normalized spacial score (nSPS) is 19.7. The number of aryl methyl sites for hydroxylation is 1. The Morgan fingerprint density at radius 1 is 0.913 bits per heavy atom. The van der Waals surface area contributed by atoms with Crippen LogP contribution in [0.5, 0.6) is 11.5 Å². The summed E-state index contributed by atoms with van der Waals surface area (Å²) < 4.78 is 44.0. The van der Waals surface area contributed by atoms with Gasteiger partial charge in [0.05, 0.1) is 11.1 Å². The molecule has 0 unspecified atom stereocenters. The van der Waals surface area contributed by atoms with Crippen molar-refractivity contribution in [1.29, 1.82) is 0 Å². The van der Waals surface area contributed by atoms with Crippen LogP contribution >= 0.6 is 15.9 Å². The summed E-state index contributed by atoms with van der Waals surface area (Å²) in [6, 6.07) is 9.92. The zero-order chi connectivity index (χ0) is 33.6. The zero-order valence-corrected chi connectivity index (χ0v) is 30.2. The zero-order valence-electron chi connectivity index (χ0n) is 27.8. The Labute approximate surface area is 281 Å². The fraction of sp³-hybridized carbons (Fsp3) is 0.500. The first kappa shape index (κ1) is 34.4. The Bertz CT molecular complexity index is 1670. The van der Waals surface area contributed by atoms with Gasteiger partial charge in [-0.3, -0.25) is 9.59 Å². The number of hydrogen-bond acceptors (Lipinski definition) is 8. The number of nitrogens with zero attached hydrogens (tertiary/aromatic N) is 1. The van der Waals surface area contributed by atoms with Crippen molar-refractivity contribution in [3.63, 3.8) is 0 Å². The van der Waals surface area contributed by atoms with Crippen molar-refractivity contribution in [1.82, 2.24) is 4.90 Å². The van der Waals surface area contributed by atoms with E-state index < -0.39 is 16.0 Å². The van der Waals surface area contributed by atoms with E-state index in [0.717, 1.165) is 23.4 Å². The van der Waals surface area contributed by atoms with Crippen molar-refractivity contribution < 1.29 is 31.7 Å². The van der Waals surface area contributed by atoms with Crippen LogP contribution in [0.3, 0.4) is 0 Å². The predicted octanol–water partition coefficient (Wildman–Crippen LogP) is 7.65. The summed E-state index contributed by atoms with van der Waals surface area (Å²) in [5.41, 5.74) is 4.31. The van der Waals surface area contributed by atoms with E-state index in [1.165, 1.54) is 12.1 Å². The van der Waals surface area contributed by atoms with Crippen molar-refractivity contribution in [3.8, 4) is 11.5 Å². The number of ketones is 2. The number of Topliss-reactive ketones (excluding diaryl/α,β-unsaturated/α-hetero) is 2. The summed E-state index contributed by atoms with van der Waals surface area (Å²) in [7, 11) is -2.51. The first-order chi connectivity index (χ1) is 21.6. The second-order valence-corrected chi connectivity index (χ2v) is 16.5. The molecule has 8 nitrogen and oxygen atoms in total. The van der Waals surface area contributed by atoms with Crippen molar-refractivity contribution >= 4 is 37.6 Å². The second kappa shape index (κ2) is 12.9. The molecule has 2 aromatic rings. The highest BCUT2D eigenvalue weighted by atomic mass is 79.9. The van der Waals surface area contributed by atoms with Gasteiger partial charge in [0.2, 0.25) is 0 Å². The van der Waals surface area contributed by atoms with Gasteiger partial charge in [-0.25, -0.2) is 0 Å². The number of carbonyl (C=O) groups excluding carboxylic acids is 2. The first-order valence-corrected chi connectivity index (χ1v) is 18.0. The predicted molar refractivity (Wildman–Crippen MR) is 180 cm³/mol. The third-order valence-electron chi connectivity index (χ3n) is 8.92. The number of allylic oxidation sites excluding steroid dienone is 4. The van der Waals surface area contributed by atoms with Crippen LogP contribution in [0.15, 0.2) is 68.3 Å². The number of ether oxygens (including phenoxy) is 2. The standard InChI is InChI=1S/C36H44BrNO7S/c1-8-44-30-17-23(16-25(37)34(30)45-46(41,42)24-12-10-22(2)11-13-24)31-32-26(18-35(3,4)20-28(32)39)38(14-9-15-43-7)27-19-36(5,6)21-29(40)33(27)31/h10-13,16-17,31H,8-9,14-15,18-21H2,1-7H3. The molecule has 10 heteroatoms.